The Morgan fingerprint density at radius 3 is 2.48 bits per heavy atom. The predicted octanol–water partition coefficient (Wildman–Crippen LogP) is 5.81. The molecule has 0 fully saturated rings. The van der Waals surface area contributed by atoms with Gasteiger partial charge in [-0.1, -0.05) is 36.4 Å². The normalized spacial score (nSPS) is 20.1. The fourth-order valence-corrected chi connectivity index (χ4v) is 4.56. The van der Waals surface area contributed by atoms with Crippen molar-refractivity contribution in [2.45, 2.75) is 24.8 Å². The third-order valence-corrected chi connectivity index (χ3v) is 6.06. The van der Waals surface area contributed by atoms with Crippen molar-refractivity contribution >= 4 is 17.2 Å². The topological polar surface area (TPSA) is 50.4 Å². The van der Waals surface area contributed by atoms with Gasteiger partial charge in [0.05, 0.1) is 24.5 Å². The Labute approximate surface area is 180 Å². The van der Waals surface area contributed by atoms with Crippen molar-refractivity contribution in [3.63, 3.8) is 0 Å². The third-order valence-electron chi connectivity index (χ3n) is 6.06. The van der Waals surface area contributed by atoms with E-state index in [4.69, 9.17) is 4.74 Å². The number of allylic oxidation sites excluding steroid dienone is 1. The Bertz CT molecular complexity index is 1190. The predicted molar refractivity (Wildman–Crippen MR) is 120 cm³/mol. The molecule has 2 aliphatic rings. The zero-order valence-electron chi connectivity index (χ0n) is 17.2. The highest BCUT2D eigenvalue weighted by Gasteiger charge is 2.36. The molecule has 0 aromatic heterocycles. The van der Waals surface area contributed by atoms with E-state index in [9.17, 15) is 9.18 Å². The molecule has 0 radical (unpaired) electrons. The van der Waals surface area contributed by atoms with Crippen molar-refractivity contribution in [3.8, 4) is 5.75 Å². The number of anilines is 2. The van der Waals surface area contributed by atoms with Crippen LogP contribution in [-0.4, -0.2) is 12.9 Å². The highest BCUT2D eigenvalue weighted by Crippen LogP contribution is 2.44. The number of rotatable bonds is 3. The molecule has 2 atom stereocenters. The summed E-state index contributed by atoms with van der Waals surface area (Å²) in [5, 5.41) is 6.98. The maximum Gasteiger partial charge on any atom is 0.163 e. The lowest BCUT2D eigenvalue weighted by Crippen LogP contribution is -2.27. The SMILES string of the molecule is COc1cccc([C@H]2CC(=O)C3=C(C2)Nc2ccccc2N[C@H]3c2cccc(F)c2)c1. The number of Topliss-reactive ketones (excluding diaryl/α,β-unsaturated/α-hetero) is 1. The Morgan fingerprint density at radius 1 is 0.903 bits per heavy atom. The number of hydrogen-bond donors (Lipinski definition) is 2. The molecule has 0 amide bonds. The summed E-state index contributed by atoms with van der Waals surface area (Å²) < 4.78 is 19.4. The third kappa shape index (κ3) is 3.67. The maximum absolute atomic E-state index is 14.0. The van der Waals surface area contributed by atoms with Gasteiger partial charge in [-0.3, -0.25) is 4.79 Å². The number of benzene rings is 3. The minimum absolute atomic E-state index is 0.0484. The van der Waals surface area contributed by atoms with Crippen LogP contribution >= 0.6 is 0 Å². The highest BCUT2D eigenvalue weighted by molar-refractivity contribution is 6.01. The van der Waals surface area contributed by atoms with Gasteiger partial charge in [-0.05, 0) is 59.9 Å². The molecule has 3 aromatic rings. The second-order valence-electron chi connectivity index (χ2n) is 8.00. The van der Waals surface area contributed by atoms with E-state index in [0.29, 0.717) is 18.4 Å². The monoisotopic (exact) mass is 414 g/mol. The minimum atomic E-state index is -0.416. The molecule has 1 aliphatic carbocycles. The maximum atomic E-state index is 14.0. The zero-order chi connectivity index (χ0) is 21.4. The summed E-state index contributed by atoms with van der Waals surface area (Å²) in [6.45, 7) is 0. The van der Waals surface area contributed by atoms with Gasteiger partial charge in [-0.15, -0.1) is 0 Å². The summed E-state index contributed by atoms with van der Waals surface area (Å²) in [4.78, 5) is 13.5. The number of nitrogens with one attached hydrogen (secondary N) is 2. The van der Waals surface area contributed by atoms with Crippen LogP contribution in [0.25, 0.3) is 0 Å². The van der Waals surface area contributed by atoms with Gasteiger partial charge in [0.15, 0.2) is 5.78 Å². The van der Waals surface area contributed by atoms with Crippen molar-refractivity contribution in [3.05, 3.63) is 101 Å². The van der Waals surface area contributed by atoms with Crippen molar-refractivity contribution in [2.24, 2.45) is 0 Å². The van der Waals surface area contributed by atoms with Crippen molar-refractivity contribution < 1.29 is 13.9 Å². The number of para-hydroxylation sites is 2. The zero-order valence-corrected chi connectivity index (χ0v) is 17.2. The second kappa shape index (κ2) is 7.91. The number of ether oxygens (including phenoxy) is 1. The number of halogens is 1. The van der Waals surface area contributed by atoms with Crippen LogP contribution in [0.3, 0.4) is 0 Å². The molecule has 1 aliphatic heterocycles. The number of methoxy groups -OCH3 is 1. The van der Waals surface area contributed by atoms with Crippen LogP contribution in [-0.2, 0) is 4.79 Å². The standard InChI is InChI=1S/C26H23FN2O2/c1-31-20-9-5-6-16(13-20)18-14-23-25(24(30)15-18)26(17-7-4-8-19(27)12-17)29-22-11-3-2-10-21(22)28-23/h2-13,18,26,28-29H,14-15H2,1H3/t18-,26+/m1/s1. The average Bonchev–Trinajstić information content (AvgIpc) is 2.96. The molecule has 156 valence electrons. The van der Waals surface area contributed by atoms with Gasteiger partial charge in [0.25, 0.3) is 0 Å². The number of ketones is 1. The smallest absolute Gasteiger partial charge is 0.163 e. The van der Waals surface area contributed by atoms with E-state index in [1.807, 2.05) is 54.6 Å². The molecular formula is C26H23FN2O2. The number of carbonyl (C=O) groups excluding carboxylic acids is 1. The number of hydrogen-bond acceptors (Lipinski definition) is 4. The molecule has 5 heteroatoms. The van der Waals surface area contributed by atoms with E-state index < -0.39 is 6.04 Å². The molecule has 0 bridgehead atoms. The van der Waals surface area contributed by atoms with E-state index in [0.717, 1.165) is 33.9 Å². The largest absolute Gasteiger partial charge is 0.497 e. The van der Waals surface area contributed by atoms with Gasteiger partial charge in [0, 0.05) is 17.7 Å². The summed E-state index contributed by atoms with van der Waals surface area (Å²) in [6.07, 6.45) is 1.09. The van der Waals surface area contributed by atoms with Crippen LogP contribution < -0.4 is 15.4 Å². The molecule has 0 saturated heterocycles. The summed E-state index contributed by atoms with van der Waals surface area (Å²) in [6, 6.07) is 21.8. The van der Waals surface area contributed by atoms with E-state index in [2.05, 4.69) is 10.6 Å². The van der Waals surface area contributed by atoms with Crippen molar-refractivity contribution in [1.29, 1.82) is 0 Å². The first-order chi connectivity index (χ1) is 15.1. The lowest BCUT2D eigenvalue weighted by atomic mass is 9.78. The Morgan fingerprint density at radius 2 is 1.68 bits per heavy atom. The van der Waals surface area contributed by atoms with Crippen LogP contribution in [0.1, 0.15) is 35.9 Å². The van der Waals surface area contributed by atoms with Gasteiger partial charge in [-0.25, -0.2) is 4.39 Å². The minimum Gasteiger partial charge on any atom is -0.497 e. The molecule has 0 saturated carbocycles. The van der Waals surface area contributed by atoms with Crippen molar-refractivity contribution in [2.75, 3.05) is 17.7 Å². The van der Waals surface area contributed by atoms with E-state index in [1.165, 1.54) is 12.1 Å². The van der Waals surface area contributed by atoms with Gasteiger partial charge in [0.1, 0.15) is 11.6 Å². The quantitative estimate of drug-likeness (QED) is 0.568. The van der Waals surface area contributed by atoms with Gasteiger partial charge >= 0.3 is 0 Å². The Hall–Kier alpha value is -3.60. The summed E-state index contributed by atoms with van der Waals surface area (Å²) in [5.74, 6) is 0.580. The Kier molecular flexibility index (Phi) is 4.94. The van der Waals surface area contributed by atoms with Crippen LogP contribution in [0.5, 0.6) is 5.75 Å². The van der Waals surface area contributed by atoms with Crippen LogP contribution in [0.4, 0.5) is 15.8 Å². The summed E-state index contributed by atoms with van der Waals surface area (Å²) in [5.41, 5.74) is 5.18. The van der Waals surface area contributed by atoms with Gasteiger partial charge in [-0.2, -0.15) is 0 Å². The molecule has 1 heterocycles. The fraction of sp³-hybridized carbons (Fsp3) is 0.192. The van der Waals surface area contributed by atoms with Crippen LogP contribution in [0.2, 0.25) is 0 Å². The number of fused-ring (bicyclic) bond motifs is 1. The van der Waals surface area contributed by atoms with Crippen LogP contribution in [0, 0.1) is 5.82 Å². The van der Waals surface area contributed by atoms with E-state index in [1.54, 1.807) is 13.2 Å². The summed E-state index contributed by atoms with van der Waals surface area (Å²) >= 11 is 0. The highest BCUT2D eigenvalue weighted by atomic mass is 19.1. The van der Waals surface area contributed by atoms with Gasteiger partial charge in [0.2, 0.25) is 0 Å². The summed E-state index contributed by atoms with van der Waals surface area (Å²) in [7, 11) is 1.64. The average molecular weight is 414 g/mol. The lowest BCUT2D eigenvalue weighted by Gasteiger charge is -2.30. The van der Waals surface area contributed by atoms with E-state index >= 15 is 0 Å². The number of carbonyl (C=O) groups is 1. The fourth-order valence-electron chi connectivity index (χ4n) is 4.56. The molecule has 2 N–H and O–H groups in total. The van der Waals surface area contributed by atoms with E-state index in [-0.39, 0.29) is 17.5 Å². The first-order valence-electron chi connectivity index (χ1n) is 10.4. The van der Waals surface area contributed by atoms with Crippen molar-refractivity contribution in [1.82, 2.24) is 0 Å². The molecule has 3 aromatic carbocycles. The molecule has 4 nitrogen and oxygen atoms in total. The molecule has 31 heavy (non-hydrogen) atoms. The first-order valence-corrected chi connectivity index (χ1v) is 10.4. The first kappa shape index (κ1) is 19.4. The van der Waals surface area contributed by atoms with Gasteiger partial charge < -0.3 is 15.4 Å². The lowest BCUT2D eigenvalue weighted by molar-refractivity contribution is -0.116. The molecule has 5 rings (SSSR count). The van der Waals surface area contributed by atoms with Crippen LogP contribution in [0.15, 0.2) is 84.1 Å². The molecule has 0 unspecified atom stereocenters. The molecule has 0 spiro atoms. The Balaban J connectivity index is 1.60. The second-order valence-corrected chi connectivity index (χ2v) is 8.00. The molecular weight excluding hydrogens is 391 g/mol.